The first kappa shape index (κ1) is 16.8. The Morgan fingerprint density at radius 1 is 1.35 bits per heavy atom. The van der Waals surface area contributed by atoms with E-state index in [1.54, 1.807) is 11.8 Å². The van der Waals surface area contributed by atoms with Gasteiger partial charge in [-0.05, 0) is 43.2 Å². The van der Waals surface area contributed by atoms with E-state index in [0.717, 1.165) is 30.7 Å². The summed E-state index contributed by atoms with van der Waals surface area (Å²) >= 11 is 1.78. The summed E-state index contributed by atoms with van der Waals surface area (Å²) in [5, 5.41) is 10.3. The van der Waals surface area contributed by atoms with Crippen LogP contribution in [0.2, 0.25) is 0 Å². The molecule has 5 heteroatoms. The average molecular weight is 335 g/mol. The quantitative estimate of drug-likeness (QED) is 0.919. The second kappa shape index (κ2) is 7.69. The maximum atomic E-state index is 12.9. The molecule has 126 valence electrons. The SMILES string of the molecule is CSCc1ccc(C(=O)N2CCC[C@@H]2[C@H]2COCC[C@H]2O)cc1. The second-order valence-corrected chi connectivity index (χ2v) is 7.30. The molecule has 0 saturated carbocycles. The summed E-state index contributed by atoms with van der Waals surface area (Å²) in [6.45, 7) is 1.96. The molecule has 1 aromatic carbocycles. The number of hydrogen-bond donors (Lipinski definition) is 1. The molecule has 3 atom stereocenters. The maximum Gasteiger partial charge on any atom is 0.254 e. The lowest BCUT2D eigenvalue weighted by Gasteiger charge is -2.37. The monoisotopic (exact) mass is 335 g/mol. The van der Waals surface area contributed by atoms with Crippen molar-refractivity contribution in [3.63, 3.8) is 0 Å². The topological polar surface area (TPSA) is 49.8 Å². The van der Waals surface area contributed by atoms with Gasteiger partial charge in [-0.2, -0.15) is 11.8 Å². The molecule has 2 aliphatic heterocycles. The summed E-state index contributed by atoms with van der Waals surface area (Å²) in [6.07, 6.45) is 4.36. The number of benzene rings is 1. The maximum absolute atomic E-state index is 12.9. The highest BCUT2D eigenvalue weighted by atomic mass is 32.2. The largest absolute Gasteiger partial charge is 0.393 e. The first-order valence-electron chi connectivity index (χ1n) is 8.35. The highest BCUT2D eigenvalue weighted by molar-refractivity contribution is 7.97. The Morgan fingerprint density at radius 2 is 2.13 bits per heavy atom. The summed E-state index contributed by atoms with van der Waals surface area (Å²) in [5.74, 6) is 1.10. The van der Waals surface area contributed by atoms with E-state index in [1.165, 1.54) is 5.56 Å². The lowest BCUT2D eigenvalue weighted by Crippen LogP contribution is -2.48. The van der Waals surface area contributed by atoms with E-state index in [2.05, 4.69) is 6.26 Å². The highest BCUT2D eigenvalue weighted by Crippen LogP contribution is 2.31. The lowest BCUT2D eigenvalue weighted by atomic mass is 9.89. The smallest absolute Gasteiger partial charge is 0.254 e. The van der Waals surface area contributed by atoms with Crippen LogP contribution in [0.5, 0.6) is 0 Å². The van der Waals surface area contributed by atoms with Gasteiger partial charge >= 0.3 is 0 Å². The van der Waals surface area contributed by atoms with Crippen molar-refractivity contribution >= 4 is 17.7 Å². The first-order valence-corrected chi connectivity index (χ1v) is 9.74. The summed E-state index contributed by atoms with van der Waals surface area (Å²) in [7, 11) is 0. The van der Waals surface area contributed by atoms with Gasteiger partial charge in [-0.1, -0.05) is 12.1 Å². The minimum atomic E-state index is -0.355. The molecule has 2 saturated heterocycles. The Balaban J connectivity index is 1.72. The Labute approximate surface area is 142 Å². The minimum Gasteiger partial charge on any atom is -0.393 e. The van der Waals surface area contributed by atoms with Gasteiger partial charge in [-0.3, -0.25) is 4.79 Å². The van der Waals surface area contributed by atoms with Gasteiger partial charge in [0.1, 0.15) is 0 Å². The summed E-state index contributed by atoms with van der Waals surface area (Å²) in [4.78, 5) is 14.8. The van der Waals surface area contributed by atoms with Crippen LogP contribution in [0.1, 0.15) is 35.2 Å². The molecule has 3 rings (SSSR count). The molecular weight excluding hydrogens is 310 g/mol. The first-order chi connectivity index (χ1) is 11.2. The van der Waals surface area contributed by atoms with E-state index < -0.39 is 0 Å². The number of likely N-dealkylation sites (tertiary alicyclic amines) is 1. The third-order valence-corrected chi connectivity index (χ3v) is 5.55. The molecule has 1 aromatic rings. The van der Waals surface area contributed by atoms with Crippen molar-refractivity contribution < 1.29 is 14.6 Å². The van der Waals surface area contributed by atoms with Crippen LogP contribution in [-0.4, -0.2) is 54.1 Å². The second-order valence-electron chi connectivity index (χ2n) is 6.43. The van der Waals surface area contributed by atoms with Gasteiger partial charge in [0.15, 0.2) is 0 Å². The van der Waals surface area contributed by atoms with E-state index in [-0.39, 0.29) is 24.0 Å². The number of ether oxygens (including phenoxy) is 1. The fourth-order valence-corrected chi connectivity index (χ4v) is 4.21. The predicted octanol–water partition coefficient (Wildman–Crippen LogP) is 2.55. The van der Waals surface area contributed by atoms with Gasteiger partial charge < -0.3 is 14.7 Å². The summed E-state index contributed by atoms with van der Waals surface area (Å²) in [5.41, 5.74) is 1.98. The van der Waals surface area contributed by atoms with Crippen LogP contribution >= 0.6 is 11.8 Å². The highest BCUT2D eigenvalue weighted by Gasteiger charge is 2.39. The van der Waals surface area contributed by atoms with E-state index in [4.69, 9.17) is 4.74 Å². The van der Waals surface area contributed by atoms with Crippen LogP contribution in [0.4, 0.5) is 0 Å². The van der Waals surface area contributed by atoms with Gasteiger partial charge in [0.2, 0.25) is 0 Å². The third-order valence-electron chi connectivity index (χ3n) is 4.93. The zero-order chi connectivity index (χ0) is 16.2. The predicted molar refractivity (Wildman–Crippen MR) is 92.7 cm³/mol. The number of carbonyl (C=O) groups is 1. The van der Waals surface area contributed by atoms with Crippen LogP contribution in [0.3, 0.4) is 0 Å². The number of hydrogen-bond acceptors (Lipinski definition) is 4. The van der Waals surface area contributed by atoms with Crippen molar-refractivity contribution in [2.24, 2.45) is 5.92 Å². The number of rotatable bonds is 4. The zero-order valence-corrected chi connectivity index (χ0v) is 14.4. The fraction of sp³-hybridized carbons (Fsp3) is 0.611. The van der Waals surface area contributed by atoms with Crippen LogP contribution in [-0.2, 0) is 10.5 Å². The minimum absolute atomic E-state index is 0.0472. The molecule has 0 aromatic heterocycles. The van der Waals surface area contributed by atoms with Crippen molar-refractivity contribution in [2.75, 3.05) is 26.0 Å². The lowest BCUT2D eigenvalue weighted by molar-refractivity contribution is -0.0589. The van der Waals surface area contributed by atoms with E-state index in [0.29, 0.717) is 19.6 Å². The Kier molecular flexibility index (Phi) is 5.62. The van der Waals surface area contributed by atoms with Crippen molar-refractivity contribution in [3.8, 4) is 0 Å². The molecule has 2 heterocycles. The number of thioether (sulfide) groups is 1. The van der Waals surface area contributed by atoms with Crippen molar-refractivity contribution in [1.29, 1.82) is 0 Å². The van der Waals surface area contributed by atoms with Crippen molar-refractivity contribution in [3.05, 3.63) is 35.4 Å². The van der Waals surface area contributed by atoms with Gasteiger partial charge in [0.05, 0.1) is 12.7 Å². The number of nitrogens with zero attached hydrogens (tertiary/aromatic N) is 1. The molecule has 2 aliphatic rings. The van der Waals surface area contributed by atoms with Crippen LogP contribution in [0.15, 0.2) is 24.3 Å². The molecule has 0 radical (unpaired) electrons. The molecule has 1 amide bonds. The normalized spacial score (nSPS) is 28.1. The summed E-state index contributed by atoms with van der Waals surface area (Å²) < 4.78 is 5.54. The number of amides is 1. The van der Waals surface area contributed by atoms with Gasteiger partial charge in [-0.25, -0.2) is 0 Å². The van der Waals surface area contributed by atoms with E-state index in [1.807, 2.05) is 29.2 Å². The van der Waals surface area contributed by atoms with Crippen LogP contribution < -0.4 is 0 Å². The van der Waals surface area contributed by atoms with E-state index >= 15 is 0 Å². The fourth-order valence-electron chi connectivity index (χ4n) is 3.68. The van der Waals surface area contributed by atoms with Gasteiger partial charge in [-0.15, -0.1) is 0 Å². The number of aliphatic hydroxyl groups is 1. The zero-order valence-electron chi connectivity index (χ0n) is 13.6. The van der Waals surface area contributed by atoms with E-state index in [9.17, 15) is 9.90 Å². The molecule has 23 heavy (non-hydrogen) atoms. The molecule has 4 nitrogen and oxygen atoms in total. The Bertz CT molecular complexity index is 534. The third kappa shape index (κ3) is 3.73. The molecule has 2 fully saturated rings. The molecule has 1 N–H and O–H groups in total. The molecule has 0 aliphatic carbocycles. The molecule has 0 spiro atoms. The molecule has 0 unspecified atom stereocenters. The van der Waals surface area contributed by atoms with Crippen molar-refractivity contribution in [2.45, 2.75) is 37.2 Å². The summed E-state index contributed by atoms with van der Waals surface area (Å²) in [6, 6.07) is 8.03. The van der Waals surface area contributed by atoms with Crippen molar-refractivity contribution in [1.82, 2.24) is 4.90 Å². The van der Waals surface area contributed by atoms with Crippen LogP contribution in [0, 0.1) is 5.92 Å². The van der Waals surface area contributed by atoms with Gasteiger partial charge in [0, 0.05) is 36.4 Å². The standard InChI is InChI=1S/C18H25NO3S/c1-23-12-13-4-6-14(7-5-13)18(21)19-9-2-3-16(19)15-11-22-10-8-17(15)20/h4-7,15-17,20H,2-3,8-12H2,1H3/t15-,16-,17-/m1/s1. The average Bonchev–Trinajstić information content (AvgIpc) is 3.05. The Morgan fingerprint density at radius 3 is 2.83 bits per heavy atom. The number of carbonyl (C=O) groups excluding carboxylic acids is 1. The Hall–Kier alpha value is -1.04. The molecular formula is C18H25NO3S. The van der Waals surface area contributed by atoms with Crippen LogP contribution in [0.25, 0.3) is 0 Å². The molecule has 0 bridgehead atoms. The van der Waals surface area contributed by atoms with Gasteiger partial charge in [0.25, 0.3) is 5.91 Å². The number of aliphatic hydroxyl groups excluding tert-OH is 1.